The second-order valence-electron chi connectivity index (χ2n) is 3.27. The van der Waals surface area contributed by atoms with Gasteiger partial charge in [0.15, 0.2) is 0 Å². The SMILES string of the molecule is O=C(O)CCNC(=O)c1ccccc1OC(F)F. The molecule has 0 aromatic heterocycles. The number of ether oxygens (including phenoxy) is 1. The molecular weight excluding hydrogens is 248 g/mol. The van der Waals surface area contributed by atoms with E-state index in [-0.39, 0.29) is 24.3 Å². The van der Waals surface area contributed by atoms with Crippen LogP contribution in [0.1, 0.15) is 16.8 Å². The third kappa shape index (κ3) is 4.36. The summed E-state index contributed by atoms with van der Waals surface area (Å²) in [7, 11) is 0. The van der Waals surface area contributed by atoms with Crippen molar-refractivity contribution in [1.82, 2.24) is 5.32 Å². The van der Waals surface area contributed by atoms with Gasteiger partial charge in [-0.3, -0.25) is 9.59 Å². The number of rotatable bonds is 6. The number of carboxylic acids is 1. The molecule has 5 nitrogen and oxygen atoms in total. The molecule has 0 aliphatic carbocycles. The maximum absolute atomic E-state index is 12.1. The number of nitrogens with one attached hydrogen (secondary N) is 1. The smallest absolute Gasteiger partial charge is 0.387 e. The van der Waals surface area contributed by atoms with Crippen molar-refractivity contribution in [2.24, 2.45) is 0 Å². The molecule has 0 bridgehead atoms. The van der Waals surface area contributed by atoms with Crippen molar-refractivity contribution in [2.45, 2.75) is 13.0 Å². The Balaban J connectivity index is 2.69. The number of hydrogen-bond donors (Lipinski definition) is 2. The average Bonchev–Trinajstić information content (AvgIpc) is 2.28. The van der Waals surface area contributed by atoms with Crippen molar-refractivity contribution in [1.29, 1.82) is 0 Å². The molecule has 0 aliphatic rings. The van der Waals surface area contributed by atoms with Crippen LogP contribution in [-0.4, -0.2) is 30.1 Å². The number of carbonyl (C=O) groups is 2. The Kier molecular flexibility index (Phi) is 5.04. The molecule has 18 heavy (non-hydrogen) atoms. The molecule has 0 heterocycles. The highest BCUT2D eigenvalue weighted by Crippen LogP contribution is 2.19. The maximum atomic E-state index is 12.1. The first-order valence-electron chi connectivity index (χ1n) is 5.04. The van der Waals surface area contributed by atoms with E-state index in [2.05, 4.69) is 10.1 Å². The molecule has 1 amide bonds. The Morgan fingerprint density at radius 1 is 1.33 bits per heavy atom. The summed E-state index contributed by atoms with van der Waals surface area (Å²) in [5.74, 6) is -1.97. The Morgan fingerprint density at radius 2 is 2.00 bits per heavy atom. The predicted molar refractivity (Wildman–Crippen MR) is 57.7 cm³/mol. The largest absolute Gasteiger partial charge is 0.481 e. The van der Waals surface area contributed by atoms with Crippen LogP contribution < -0.4 is 10.1 Å². The predicted octanol–water partition coefficient (Wildman–Crippen LogP) is 1.49. The summed E-state index contributed by atoms with van der Waals surface area (Å²) in [5, 5.41) is 10.7. The highest BCUT2D eigenvalue weighted by atomic mass is 19.3. The first-order valence-corrected chi connectivity index (χ1v) is 5.04. The summed E-state index contributed by atoms with van der Waals surface area (Å²) >= 11 is 0. The molecule has 0 atom stereocenters. The van der Waals surface area contributed by atoms with E-state index >= 15 is 0 Å². The summed E-state index contributed by atoms with van der Waals surface area (Å²) in [6.45, 7) is -3.12. The minimum atomic E-state index is -3.03. The van der Waals surface area contributed by atoms with Crippen LogP contribution in [0.3, 0.4) is 0 Å². The molecule has 1 aromatic carbocycles. The summed E-state index contributed by atoms with van der Waals surface area (Å²) in [5.41, 5.74) is -0.0665. The van der Waals surface area contributed by atoms with Gasteiger partial charge in [0.05, 0.1) is 12.0 Å². The van der Waals surface area contributed by atoms with Gasteiger partial charge in [-0.05, 0) is 12.1 Å². The molecule has 0 fully saturated rings. The second kappa shape index (κ2) is 6.53. The van der Waals surface area contributed by atoms with Crippen LogP contribution in [0, 0.1) is 0 Å². The van der Waals surface area contributed by atoms with Gasteiger partial charge in [-0.1, -0.05) is 12.1 Å². The fraction of sp³-hybridized carbons (Fsp3) is 0.273. The lowest BCUT2D eigenvalue weighted by Crippen LogP contribution is -2.26. The maximum Gasteiger partial charge on any atom is 0.387 e. The molecule has 0 aliphatic heterocycles. The van der Waals surface area contributed by atoms with Crippen molar-refractivity contribution in [3.05, 3.63) is 29.8 Å². The topological polar surface area (TPSA) is 75.6 Å². The molecular formula is C11H11F2NO4. The normalized spacial score (nSPS) is 10.2. The minimum absolute atomic E-state index is 0.0665. The van der Waals surface area contributed by atoms with Crippen molar-refractivity contribution in [2.75, 3.05) is 6.54 Å². The molecule has 0 radical (unpaired) electrons. The summed E-state index contributed by atoms with van der Waals surface area (Å²) in [4.78, 5) is 21.9. The Morgan fingerprint density at radius 3 is 2.61 bits per heavy atom. The van der Waals surface area contributed by atoms with E-state index < -0.39 is 18.5 Å². The molecule has 2 N–H and O–H groups in total. The quantitative estimate of drug-likeness (QED) is 0.811. The van der Waals surface area contributed by atoms with E-state index in [0.717, 1.165) is 0 Å². The number of carbonyl (C=O) groups excluding carboxylic acids is 1. The van der Waals surface area contributed by atoms with E-state index in [1.165, 1.54) is 24.3 Å². The van der Waals surface area contributed by atoms with Crippen molar-refractivity contribution in [3.63, 3.8) is 0 Å². The molecule has 0 saturated heterocycles. The number of carboxylic acid groups (broad SMARTS) is 1. The Bertz CT molecular complexity index is 437. The lowest BCUT2D eigenvalue weighted by atomic mass is 10.2. The number of para-hydroxylation sites is 1. The van der Waals surface area contributed by atoms with Crippen LogP contribution in [-0.2, 0) is 4.79 Å². The summed E-state index contributed by atoms with van der Waals surface area (Å²) in [6.07, 6.45) is -0.246. The van der Waals surface area contributed by atoms with Gasteiger partial charge in [-0.15, -0.1) is 0 Å². The lowest BCUT2D eigenvalue weighted by molar-refractivity contribution is -0.136. The van der Waals surface area contributed by atoms with Gasteiger partial charge < -0.3 is 15.2 Å². The number of hydrogen-bond acceptors (Lipinski definition) is 3. The number of halogens is 2. The third-order valence-electron chi connectivity index (χ3n) is 1.97. The van der Waals surface area contributed by atoms with Gasteiger partial charge >= 0.3 is 12.6 Å². The molecule has 1 rings (SSSR count). The number of alkyl halides is 2. The minimum Gasteiger partial charge on any atom is -0.481 e. The van der Waals surface area contributed by atoms with Gasteiger partial charge in [-0.2, -0.15) is 8.78 Å². The highest BCUT2D eigenvalue weighted by Gasteiger charge is 2.14. The Hall–Kier alpha value is -2.18. The van der Waals surface area contributed by atoms with Crippen LogP contribution in [0.4, 0.5) is 8.78 Å². The van der Waals surface area contributed by atoms with E-state index in [1.807, 2.05) is 0 Å². The molecule has 0 saturated carbocycles. The fourth-order valence-corrected chi connectivity index (χ4v) is 1.23. The average molecular weight is 259 g/mol. The molecule has 0 spiro atoms. The monoisotopic (exact) mass is 259 g/mol. The number of amides is 1. The van der Waals surface area contributed by atoms with Crippen LogP contribution in [0.15, 0.2) is 24.3 Å². The zero-order valence-electron chi connectivity index (χ0n) is 9.23. The molecule has 1 aromatic rings. The first-order chi connectivity index (χ1) is 8.50. The lowest BCUT2D eigenvalue weighted by Gasteiger charge is -2.10. The van der Waals surface area contributed by atoms with Crippen molar-refractivity contribution >= 4 is 11.9 Å². The van der Waals surface area contributed by atoms with E-state index in [0.29, 0.717) is 0 Å². The van der Waals surface area contributed by atoms with E-state index in [9.17, 15) is 18.4 Å². The highest BCUT2D eigenvalue weighted by molar-refractivity contribution is 5.97. The van der Waals surface area contributed by atoms with Crippen LogP contribution in [0.2, 0.25) is 0 Å². The van der Waals surface area contributed by atoms with Crippen LogP contribution >= 0.6 is 0 Å². The van der Waals surface area contributed by atoms with Crippen molar-refractivity contribution < 1.29 is 28.2 Å². The molecule has 0 unspecified atom stereocenters. The number of benzene rings is 1. The van der Waals surface area contributed by atoms with Crippen LogP contribution in [0.5, 0.6) is 5.75 Å². The van der Waals surface area contributed by atoms with E-state index in [4.69, 9.17) is 5.11 Å². The standard InChI is InChI=1S/C11H11F2NO4/c12-11(13)18-8-4-2-1-3-7(8)10(17)14-6-5-9(15)16/h1-4,11H,5-6H2,(H,14,17)(H,15,16). The number of aliphatic carboxylic acids is 1. The fourth-order valence-electron chi connectivity index (χ4n) is 1.23. The molecule has 7 heteroatoms. The van der Waals surface area contributed by atoms with Crippen molar-refractivity contribution in [3.8, 4) is 5.75 Å². The van der Waals surface area contributed by atoms with E-state index in [1.54, 1.807) is 0 Å². The van der Waals surface area contributed by atoms with Gasteiger partial charge in [0.2, 0.25) is 0 Å². The van der Waals surface area contributed by atoms with Gasteiger partial charge in [-0.25, -0.2) is 0 Å². The van der Waals surface area contributed by atoms with Gasteiger partial charge in [0.25, 0.3) is 5.91 Å². The van der Waals surface area contributed by atoms with Gasteiger partial charge in [0, 0.05) is 6.54 Å². The Labute approximate surface area is 101 Å². The second-order valence-corrected chi connectivity index (χ2v) is 3.27. The summed E-state index contributed by atoms with van der Waals surface area (Å²) < 4.78 is 28.4. The zero-order valence-corrected chi connectivity index (χ0v) is 9.23. The third-order valence-corrected chi connectivity index (χ3v) is 1.97. The first kappa shape index (κ1) is 13.9. The van der Waals surface area contributed by atoms with Gasteiger partial charge in [0.1, 0.15) is 5.75 Å². The molecule has 98 valence electrons. The zero-order chi connectivity index (χ0) is 13.5. The van der Waals surface area contributed by atoms with Crippen LogP contribution in [0.25, 0.3) is 0 Å². The summed E-state index contributed by atoms with van der Waals surface area (Å²) in [6, 6.07) is 5.49.